The van der Waals surface area contributed by atoms with Crippen LogP contribution in [0.2, 0.25) is 0 Å². The van der Waals surface area contributed by atoms with Crippen molar-refractivity contribution in [3.8, 4) is 0 Å². The van der Waals surface area contributed by atoms with Crippen molar-refractivity contribution in [2.45, 2.75) is 39.8 Å². The molecule has 4 heteroatoms. The normalized spacial score (nSPS) is 20.7. The summed E-state index contributed by atoms with van der Waals surface area (Å²) in [6.45, 7) is 8.87. The molecule has 2 rings (SSSR count). The standard InChI is InChI=1S/C13H23N3O/c1-3-16-13(7-11(2)15-16)10-17-9-12-5-4-6-14-8-12/h7,12,14H,3-6,8-10H2,1-2H3. The summed E-state index contributed by atoms with van der Waals surface area (Å²) >= 11 is 0. The van der Waals surface area contributed by atoms with Crippen molar-refractivity contribution in [3.05, 3.63) is 17.5 Å². The number of nitrogens with one attached hydrogen (secondary N) is 1. The zero-order valence-corrected chi connectivity index (χ0v) is 10.9. The maximum Gasteiger partial charge on any atom is 0.0884 e. The fourth-order valence-corrected chi connectivity index (χ4v) is 2.39. The Morgan fingerprint density at radius 1 is 1.59 bits per heavy atom. The van der Waals surface area contributed by atoms with E-state index in [9.17, 15) is 0 Å². The van der Waals surface area contributed by atoms with Crippen molar-refractivity contribution >= 4 is 0 Å². The Labute approximate surface area is 103 Å². The minimum atomic E-state index is 0.683. The lowest BCUT2D eigenvalue weighted by Crippen LogP contribution is -2.32. The molecule has 1 fully saturated rings. The summed E-state index contributed by atoms with van der Waals surface area (Å²) in [4.78, 5) is 0. The molecule has 2 heterocycles. The van der Waals surface area contributed by atoms with Crippen LogP contribution in [0.3, 0.4) is 0 Å². The summed E-state index contributed by atoms with van der Waals surface area (Å²) in [5, 5.41) is 7.83. The van der Waals surface area contributed by atoms with Gasteiger partial charge in [-0.05, 0) is 45.2 Å². The second-order valence-electron chi connectivity index (χ2n) is 4.82. The van der Waals surface area contributed by atoms with E-state index in [4.69, 9.17) is 4.74 Å². The second-order valence-corrected chi connectivity index (χ2v) is 4.82. The first kappa shape index (κ1) is 12.6. The van der Waals surface area contributed by atoms with E-state index >= 15 is 0 Å². The molecule has 1 aromatic heterocycles. The summed E-state index contributed by atoms with van der Waals surface area (Å²) in [7, 11) is 0. The lowest BCUT2D eigenvalue weighted by molar-refractivity contribution is 0.0741. The van der Waals surface area contributed by atoms with Crippen LogP contribution in [-0.4, -0.2) is 29.5 Å². The van der Waals surface area contributed by atoms with Crippen molar-refractivity contribution in [2.75, 3.05) is 19.7 Å². The lowest BCUT2D eigenvalue weighted by Gasteiger charge is -2.22. The molecule has 96 valence electrons. The highest BCUT2D eigenvalue weighted by Crippen LogP contribution is 2.12. The number of aryl methyl sites for hydroxylation is 2. The number of rotatable bonds is 5. The van der Waals surface area contributed by atoms with Gasteiger partial charge >= 0.3 is 0 Å². The minimum absolute atomic E-state index is 0.683. The average Bonchev–Trinajstić information content (AvgIpc) is 2.71. The predicted octanol–water partition coefficient (Wildman–Crippen LogP) is 1.73. The first-order valence-electron chi connectivity index (χ1n) is 6.61. The van der Waals surface area contributed by atoms with E-state index in [-0.39, 0.29) is 0 Å². The summed E-state index contributed by atoms with van der Waals surface area (Å²) in [6, 6.07) is 2.11. The van der Waals surface area contributed by atoms with E-state index in [1.165, 1.54) is 18.5 Å². The van der Waals surface area contributed by atoms with Crippen LogP contribution in [-0.2, 0) is 17.9 Å². The summed E-state index contributed by atoms with van der Waals surface area (Å²) in [5.41, 5.74) is 2.26. The molecule has 1 atom stereocenters. The minimum Gasteiger partial charge on any atom is -0.375 e. The topological polar surface area (TPSA) is 39.1 Å². The molecule has 1 aliphatic rings. The largest absolute Gasteiger partial charge is 0.375 e. The van der Waals surface area contributed by atoms with Crippen LogP contribution in [0.25, 0.3) is 0 Å². The van der Waals surface area contributed by atoms with E-state index in [1.807, 2.05) is 11.6 Å². The van der Waals surface area contributed by atoms with Crippen LogP contribution < -0.4 is 5.32 Å². The smallest absolute Gasteiger partial charge is 0.0884 e. The van der Waals surface area contributed by atoms with Crippen molar-refractivity contribution < 1.29 is 4.74 Å². The molecule has 1 saturated heterocycles. The van der Waals surface area contributed by atoms with Crippen LogP contribution in [0.15, 0.2) is 6.07 Å². The maximum atomic E-state index is 5.81. The first-order chi connectivity index (χ1) is 8.29. The monoisotopic (exact) mass is 237 g/mol. The van der Waals surface area contributed by atoms with Gasteiger partial charge < -0.3 is 10.1 Å². The van der Waals surface area contributed by atoms with Crippen molar-refractivity contribution in [3.63, 3.8) is 0 Å². The molecule has 1 aliphatic heterocycles. The van der Waals surface area contributed by atoms with Gasteiger partial charge in [-0.15, -0.1) is 0 Å². The Hall–Kier alpha value is -0.870. The number of hydrogen-bond donors (Lipinski definition) is 1. The molecule has 0 aliphatic carbocycles. The number of aromatic nitrogens is 2. The third-order valence-electron chi connectivity index (χ3n) is 3.29. The molecule has 0 radical (unpaired) electrons. The van der Waals surface area contributed by atoms with Gasteiger partial charge in [-0.2, -0.15) is 5.10 Å². The second kappa shape index (κ2) is 6.17. The summed E-state index contributed by atoms with van der Waals surface area (Å²) < 4.78 is 7.84. The molecule has 1 unspecified atom stereocenters. The fourth-order valence-electron chi connectivity index (χ4n) is 2.39. The Morgan fingerprint density at radius 2 is 2.47 bits per heavy atom. The molecule has 0 bridgehead atoms. The van der Waals surface area contributed by atoms with Gasteiger partial charge in [0.05, 0.1) is 24.6 Å². The zero-order chi connectivity index (χ0) is 12.1. The lowest BCUT2D eigenvalue weighted by atomic mass is 10.0. The van der Waals surface area contributed by atoms with Crippen LogP contribution >= 0.6 is 0 Å². The van der Waals surface area contributed by atoms with Crippen molar-refractivity contribution in [2.24, 2.45) is 5.92 Å². The molecule has 0 amide bonds. The Balaban J connectivity index is 1.76. The van der Waals surface area contributed by atoms with Crippen LogP contribution in [0.5, 0.6) is 0 Å². The van der Waals surface area contributed by atoms with Gasteiger partial charge in [0.1, 0.15) is 0 Å². The fraction of sp³-hybridized carbons (Fsp3) is 0.769. The van der Waals surface area contributed by atoms with Crippen LogP contribution in [0, 0.1) is 12.8 Å². The van der Waals surface area contributed by atoms with E-state index in [0.717, 1.165) is 31.9 Å². The quantitative estimate of drug-likeness (QED) is 0.847. The van der Waals surface area contributed by atoms with Crippen LogP contribution in [0.1, 0.15) is 31.2 Å². The molecule has 1 aromatic rings. The third kappa shape index (κ3) is 3.54. The van der Waals surface area contributed by atoms with E-state index in [0.29, 0.717) is 12.5 Å². The third-order valence-corrected chi connectivity index (χ3v) is 3.29. The Bertz CT molecular complexity index is 342. The molecule has 1 N–H and O–H groups in total. The molecular weight excluding hydrogens is 214 g/mol. The Morgan fingerprint density at radius 3 is 3.18 bits per heavy atom. The molecule has 0 saturated carbocycles. The summed E-state index contributed by atoms with van der Waals surface area (Å²) in [6.07, 6.45) is 2.57. The highest BCUT2D eigenvalue weighted by molar-refractivity contribution is 5.07. The number of nitrogens with zero attached hydrogens (tertiary/aromatic N) is 2. The average molecular weight is 237 g/mol. The maximum absolute atomic E-state index is 5.81. The van der Waals surface area contributed by atoms with Crippen molar-refractivity contribution in [1.29, 1.82) is 0 Å². The zero-order valence-electron chi connectivity index (χ0n) is 10.9. The van der Waals surface area contributed by atoms with Gasteiger partial charge in [0.25, 0.3) is 0 Å². The molecule has 0 aromatic carbocycles. The van der Waals surface area contributed by atoms with Crippen molar-refractivity contribution in [1.82, 2.24) is 15.1 Å². The first-order valence-corrected chi connectivity index (χ1v) is 6.61. The van der Waals surface area contributed by atoms with Gasteiger partial charge in [-0.25, -0.2) is 0 Å². The molecule has 17 heavy (non-hydrogen) atoms. The highest BCUT2D eigenvalue weighted by atomic mass is 16.5. The van der Waals surface area contributed by atoms with Gasteiger partial charge in [0.15, 0.2) is 0 Å². The number of hydrogen-bond acceptors (Lipinski definition) is 3. The predicted molar refractivity (Wildman–Crippen MR) is 67.9 cm³/mol. The van der Waals surface area contributed by atoms with Crippen LogP contribution in [0.4, 0.5) is 0 Å². The van der Waals surface area contributed by atoms with E-state index in [2.05, 4.69) is 23.4 Å². The number of piperidine rings is 1. The van der Waals surface area contributed by atoms with E-state index < -0.39 is 0 Å². The molecule has 0 spiro atoms. The Kier molecular flexibility index (Phi) is 4.57. The van der Waals surface area contributed by atoms with Gasteiger partial charge in [0, 0.05) is 13.1 Å². The SMILES string of the molecule is CCn1nc(C)cc1COCC1CCCNC1. The van der Waals surface area contributed by atoms with Gasteiger partial charge in [-0.3, -0.25) is 4.68 Å². The molecule has 4 nitrogen and oxygen atoms in total. The number of ether oxygens (including phenoxy) is 1. The summed E-state index contributed by atoms with van der Waals surface area (Å²) in [5.74, 6) is 0.683. The van der Waals surface area contributed by atoms with E-state index in [1.54, 1.807) is 0 Å². The highest BCUT2D eigenvalue weighted by Gasteiger charge is 2.13. The van der Waals surface area contributed by atoms with Gasteiger partial charge in [0.2, 0.25) is 0 Å². The van der Waals surface area contributed by atoms with Gasteiger partial charge in [-0.1, -0.05) is 0 Å². The molecular formula is C13H23N3O.